The number of sulfonamides is 2. The minimum absolute atomic E-state index is 0.0750. The van der Waals surface area contributed by atoms with Gasteiger partial charge in [0.2, 0.25) is 26.0 Å². The summed E-state index contributed by atoms with van der Waals surface area (Å²) in [4.78, 5) is 26.9. The molecule has 1 fully saturated rings. The van der Waals surface area contributed by atoms with Crippen LogP contribution in [-0.4, -0.2) is 39.0 Å². The van der Waals surface area contributed by atoms with Crippen LogP contribution in [0.25, 0.3) is 0 Å². The number of carbonyl (C=O) groups excluding carboxylic acids is 2. The number of nitrogens with two attached hydrogens (primary N) is 1. The molecule has 3 aromatic rings. The molecule has 1 unspecified atom stereocenters. The molecule has 1 atom stereocenters. The average Bonchev–Trinajstić information content (AvgIpc) is 3.11. The van der Waals surface area contributed by atoms with E-state index in [1.165, 1.54) is 48.5 Å². The van der Waals surface area contributed by atoms with E-state index in [0.717, 1.165) is 9.21 Å². The maximum absolute atomic E-state index is 13.6. The van der Waals surface area contributed by atoms with Gasteiger partial charge in [0.25, 0.3) is 5.91 Å². The number of imide groups is 1. The zero-order chi connectivity index (χ0) is 25.4. The van der Waals surface area contributed by atoms with Gasteiger partial charge in [0.15, 0.2) is 0 Å². The Morgan fingerprint density at radius 3 is 2.00 bits per heavy atom. The second-order valence-electron chi connectivity index (χ2n) is 7.82. The zero-order valence-corrected chi connectivity index (χ0v) is 20.5. The number of anilines is 1. The molecule has 0 spiro atoms. The van der Waals surface area contributed by atoms with E-state index in [9.17, 15) is 26.4 Å². The number of amides is 2. The monoisotopic (exact) mass is 533 g/mol. The van der Waals surface area contributed by atoms with E-state index in [-0.39, 0.29) is 28.4 Å². The summed E-state index contributed by atoms with van der Waals surface area (Å²) >= 11 is 5.91. The quantitative estimate of drug-likeness (QED) is 0.464. The van der Waals surface area contributed by atoms with Crippen LogP contribution in [-0.2, 0) is 36.2 Å². The van der Waals surface area contributed by atoms with E-state index in [2.05, 4.69) is 0 Å². The lowest BCUT2D eigenvalue weighted by molar-refractivity contribution is -0.122. The predicted molar refractivity (Wildman–Crippen MR) is 129 cm³/mol. The number of halogens is 1. The maximum Gasteiger partial charge on any atom is 0.252 e. The van der Waals surface area contributed by atoms with Gasteiger partial charge in [-0.05, 0) is 54.1 Å². The molecular formula is C23H20ClN3O6S2. The van der Waals surface area contributed by atoms with Crippen molar-refractivity contribution >= 4 is 49.1 Å². The van der Waals surface area contributed by atoms with Crippen LogP contribution >= 0.6 is 11.6 Å². The Kier molecular flexibility index (Phi) is 6.80. The highest BCUT2D eigenvalue weighted by Gasteiger charge is 2.47. The number of hydrogen-bond acceptors (Lipinski definition) is 6. The fraction of sp³-hybridized carbons (Fsp3) is 0.130. The van der Waals surface area contributed by atoms with Gasteiger partial charge in [0.1, 0.15) is 6.04 Å². The van der Waals surface area contributed by atoms with Crippen molar-refractivity contribution in [1.29, 1.82) is 0 Å². The van der Waals surface area contributed by atoms with Crippen molar-refractivity contribution in [3.8, 4) is 0 Å². The molecule has 1 aliphatic heterocycles. The SMILES string of the molecule is NS(=O)(=O)c1ccc(N2C(=O)CC(N(Cc3ccccc3)S(=O)(=O)c3ccc(Cl)cc3)C2=O)cc1. The smallest absolute Gasteiger partial charge is 0.252 e. The first-order valence-electron chi connectivity index (χ1n) is 10.3. The molecule has 1 aliphatic rings. The number of nitrogens with zero attached hydrogens (tertiary/aromatic N) is 2. The lowest BCUT2D eigenvalue weighted by Crippen LogP contribution is -2.45. The molecule has 0 saturated carbocycles. The molecule has 9 nitrogen and oxygen atoms in total. The van der Waals surface area contributed by atoms with E-state index in [0.29, 0.717) is 10.6 Å². The first-order chi connectivity index (χ1) is 16.5. The first-order valence-corrected chi connectivity index (χ1v) is 13.7. The van der Waals surface area contributed by atoms with E-state index >= 15 is 0 Å². The highest BCUT2D eigenvalue weighted by atomic mass is 35.5. The Morgan fingerprint density at radius 1 is 0.857 bits per heavy atom. The van der Waals surface area contributed by atoms with Crippen molar-refractivity contribution in [2.45, 2.75) is 28.8 Å². The van der Waals surface area contributed by atoms with E-state index in [1.54, 1.807) is 30.3 Å². The summed E-state index contributed by atoms with van der Waals surface area (Å²) in [6, 6.07) is 17.8. The molecule has 0 bridgehead atoms. The molecule has 0 radical (unpaired) electrons. The van der Waals surface area contributed by atoms with Crippen LogP contribution in [0.15, 0.2) is 88.7 Å². The molecule has 2 amide bonds. The van der Waals surface area contributed by atoms with Gasteiger partial charge < -0.3 is 0 Å². The maximum atomic E-state index is 13.6. The normalized spacial score (nSPS) is 16.8. The molecule has 0 aromatic heterocycles. The van der Waals surface area contributed by atoms with Gasteiger partial charge in [-0.2, -0.15) is 4.31 Å². The van der Waals surface area contributed by atoms with Gasteiger partial charge in [0, 0.05) is 11.6 Å². The van der Waals surface area contributed by atoms with Crippen LogP contribution in [0.4, 0.5) is 5.69 Å². The number of primary sulfonamides is 1. The molecule has 12 heteroatoms. The number of rotatable bonds is 7. The topological polar surface area (TPSA) is 135 Å². The third-order valence-electron chi connectivity index (χ3n) is 5.50. The minimum Gasteiger partial charge on any atom is -0.274 e. The Hall–Kier alpha value is -3.09. The summed E-state index contributed by atoms with van der Waals surface area (Å²) < 4.78 is 51.3. The van der Waals surface area contributed by atoms with Crippen molar-refractivity contribution in [3.63, 3.8) is 0 Å². The van der Waals surface area contributed by atoms with Crippen LogP contribution in [0.1, 0.15) is 12.0 Å². The van der Waals surface area contributed by atoms with Crippen molar-refractivity contribution < 1.29 is 26.4 Å². The summed E-state index contributed by atoms with van der Waals surface area (Å²) in [6.45, 7) is -0.145. The van der Waals surface area contributed by atoms with E-state index in [4.69, 9.17) is 16.7 Å². The van der Waals surface area contributed by atoms with Crippen molar-refractivity contribution in [2.75, 3.05) is 4.90 Å². The fourth-order valence-electron chi connectivity index (χ4n) is 3.77. The molecule has 3 aromatic carbocycles. The molecular weight excluding hydrogens is 514 g/mol. The van der Waals surface area contributed by atoms with Crippen LogP contribution < -0.4 is 10.0 Å². The molecule has 1 saturated heterocycles. The minimum atomic E-state index is -4.21. The molecule has 1 heterocycles. The van der Waals surface area contributed by atoms with Gasteiger partial charge in [-0.25, -0.2) is 26.9 Å². The largest absolute Gasteiger partial charge is 0.274 e. The third kappa shape index (κ3) is 5.14. The Balaban J connectivity index is 1.73. The van der Waals surface area contributed by atoms with Gasteiger partial charge in [-0.1, -0.05) is 41.9 Å². The molecule has 4 rings (SSSR count). The summed E-state index contributed by atoms with van der Waals surface area (Å²) in [6.07, 6.45) is -0.380. The fourth-order valence-corrected chi connectivity index (χ4v) is 5.98. The first kappa shape index (κ1) is 25.0. The second kappa shape index (κ2) is 9.51. The lowest BCUT2D eigenvalue weighted by Gasteiger charge is -2.27. The lowest BCUT2D eigenvalue weighted by atomic mass is 10.2. The Labute approximate surface area is 207 Å². The summed E-state index contributed by atoms with van der Waals surface area (Å²) in [5.74, 6) is -1.36. The van der Waals surface area contributed by atoms with Gasteiger partial charge in [-0.3, -0.25) is 9.59 Å². The van der Waals surface area contributed by atoms with E-state index < -0.39 is 37.9 Å². The number of benzene rings is 3. The zero-order valence-electron chi connectivity index (χ0n) is 18.1. The van der Waals surface area contributed by atoms with Crippen LogP contribution in [0.3, 0.4) is 0 Å². The molecule has 2 N–H and O–H groups in total. The van der Waals surface area contributed by atoms with Crippen LogP contribution in [0.2, 0.25) is 5.02 Å². The van der Waals surface area contributed by atoms with Crippen molar-refractivity contribution in [1.82, 2.24) is 4.31 Å². The van der Waals surface area contributed by atoms with Gasteiger partial charge >= 0.3 is 0 Å². The molecule has 182 valence electrons. The van der Waals surface area contributed by atoms with Crippen molar-refractivity contribution in [2.24, 2.45) is 5.14 Å². The third-order valence-corrected chi connectivity index (χ3v) is 8.55. The Bertz CT molecular complexity index is 1480. The van der Waals surface area contributed by atoms with Crippen molar-refractivity contribution in [3.05, 3.63) is 89.4 Å². The van der Waals surface area contributed by atoms with Gasteiger partial charge in [0.05, 0.1) is 21.9 Å². The summed E-state index contributed by atoms with van der Waals surface area (Å²) in [7, 11) is -8.18. The average molecular weight is 534 g/mol. The second-order valence-corrected chi connectivity index (χ2v) is 11.7. The van der Waals surface area contributed by atoms with E-state index in [1.807, 2.05) is 0 Å². The number of hydrogen-bond donors (Lipinski definition) is 1. The number of carbonyl (C=O) groups is 2. The predicted octanol–water partition coefficient (Wildman–Crippen LogP) is 2.51. The highest BCUT2D eigenvalue weighted by Crippen LogP contribution is 2.31. The summed E-state index contributed by atoms with van der Waals surface area (Å²) in [5, 5.41) is 5.45. The van der Waals surface area contributed by atoms with Crippen LogP contribution in [0, 0.1) is 0 Å². The van der Waals surface area contributed by atoms with Crippen LogP contribution in [0.5, 0.6) is 0 Å². The molecule has 35 heavy (non-hydrogen) atoms. The van der Waals surface area contributed by atoms with Gasteiger partial charge in [-0.15, -0.1) is 0 Å². The highest BCUT2D eigenvalue weighted by molar-refractivity contribution is 7.89. The molecule has 0 aliphatic carbocycles. The standard InChI is InChI=1S/C23H20ClN3O6S2/c24-17-6-10-20(11-7-17)35(32,33)26(15-16-4-2-1-3-5-16)21-14-22(28)27(23(21)29)18-8-12-19(13-9-18)34(25,30)31/h1-13,21H,14-15H2,(H2,25,30,31). The Morgan fingerprint density at radius 2 is 1.43 bits per heavy atom. The summed E-state index contributed by atoms with van der Waals surface area (Å²) in [5.41, 5.74) is 0.736.